The summed E-state index contributed by atoms with van der Waals surface area (Å²) in [6.07, 6.45) is 2.07. The second-order valence-corrected chi connectivity index (χ2v) is 4.45. The Morgan fingerprint density at radius 1 is 1.41 bits per heavy atom. The molecule has 92 valence electrons. The standard InChI is InChI=1S/C13H15BrO3/c1-10(7-14)4-5-15-8-11-2-3-12-13(6-11)17-9-16-12/h2-4,6H,5,7-9H2,1H3/b10-4+. The van der Waals surface area contributed by atoms with Crippen molar-refractivity contribution in [3.63, 3.8) is 0 Å². The molecule has 0 fully saturated rings. The van der Waals surface area contributed by atoms with Crippen LogP contribution in [0.1, 0.15) is 12.5 Å². The zero-order valence-electron chi connectivity index (χ0n) is 9.74. The van der Waals surface area contributed by atoms with E-state index in [9.17, 15) is 0 Å². The Morgan fingerprint density at radius 2 is 2.24 bits per heavy atom. The van der Waals surface area contributed by atoms with Crippen LogP contribution >= 0.6 is 15.9 Å². The molecule has 0 spiro atoms. The van der Waals surface area contributed by atoms with Gasteiger partial charge in [0.25, 0.3) is 0 Å². The lowest BCUT2D eigenvalue weighted by atomic mass is 10.2. The molecule has 0 saturated carbocycles. The summed E-state index contributed by atoms with van der Waals surface area (Å²) in [4.78, 5) is 0. The van der Waals surface area contributed by atoms with Gasteiger partial charge in [-0.2, -0.15) is 0 Å². The van der Waals surface area contributed by atoms with Gasteiger partial charge in [-0.3, -0.25) is 0 Å². The molecule has 0 bridgehead atoms. The molecular weight excluding hydrogens is 284 g/mol. The fraction of sp³-hybridized carbons (Fsp3) is 0.385. The van der Waals surface area contributed by atoms with Gasteiger partial charge in [-0.25, -0.2) is 0 Å². The zero-order chi connectivity index (χ0) is 12.1. The second-order valence-electron chi connectivity index (χ2n) is 3.89. The maximum Gasteiger partial charge on any atom is 0.231 e. The van der Waals surface area contributed by atoms with Gasteiger partial charge in [0.15, 0.2) is 11.5 Å². The minimum atomic E-state index is 0.312. The van der Waals surface area contributed by atoms with E-state index < -0.39 is 0 Å². The maximum absolute atomic E-state index is 5.56. The number of hydrogen-bond donors (Lipinski definition) is 0. The lowest BCUT2D eigenvalue weighted by Gasteiger charge is -2.03. The molecule has 1 heterocycles. The number of benzene rings is 1. The Morgan fingerprint density at radius 3 is 3.06 bits per heavy atom. The minimum absolute atomic E-state index is 0.312. The highest BCUT2D eigenvalue weighted by Crippen LogP contribution is 2.32. The van der Waals surface area contributed by atoms with Gasteiger partial charge in [0.1, 0.15) is 0 Å². The molecule has 0 atom stereocenters. The van der Waals surface area contributed by atoms with E-state index in [1.165, 1.54) is 5.57 Å². The topological polar surface area (TPSA) is 27.7 Å². The smallest absolute Gasteiger partial charge is 0.231 e. The van der Waals surface area contributed by atoms with E-state index in [2.05, 4.69) is 28.9 Å². The number of halogens is 1. The molecule has 4 heteroatoms. The van der Waals surface area contributed by atoms with Crippen LogP contribution in [0.15, 0.2) is 29.8 Å². The first-order valence-corrected chi connectivity index (χ1v) is 6.59. The molecule has 0 unspecified atom stereocenters. The number of hydrogen-bond acceptors (Lipinski definition) is 3. The summed E-state index contributed by atoms with van der Waals surface area (Å²) in [7, 11) is 0. The summed E-state index contributed by atoms with van der Waals surface area (Å²) in [6.45, 7) is 3.60. The molecule has 0 amide bonds. The SMILES string of the molecule is C/C(=C\COCc1ccc2c(c1)OCO2)CBr. The van der Waals surface area contributed by atoms with Crippen molar-refractivity contribution in [2.24, 2.45) is 0 Å². The van der Waals surface area contributed by atoms with E-state index in [1.54, 1.807) is 0 Å². The molecule has 0 saturated heterocycles. The van der Waals surface area contributed by atoms with Crippen LogP contribution in [0, 0.1) is 0 Å². The first-order valence-electron chi connectivity index (χ1n) is 5.47. The molecular formula is C13H15BrO3. The average molecular weight is 299 g/mol. The summed E-state index contributed by atoms with van der Waals surface area (Å²) in [6, 6.07) is 5.87. The second kappa shape index (κ2) is 6.07. The highest BCUT2D eigenvalue weighted by Gasteiger charge is 2.12. The molecule has 1 aromatic rings. The molecule has 0 aliphatic carbocycles. The summed E-state index contributed by atoms with van der Waals surface area (Å²) < 4.78 is 16.1. The van der Waals surface area contributed by atoms with Crippen molar-refractivity contribution in [3.8, 4) is 11.5 Å². The van der Waals surface area contributed by atoms with Crippen LogP contribution in [-0.2, 0) is 11.3 Å². The van der Waals surface area contributed by atoms with E-state index in [0.717, 1.165) is 22.4 Å². The van der Waals surface area contributed by atoms with Crippen molar-refractivity contribution in [3.05, 3.63) is 35.4 Å². The Kier molecular flexibility index (Phi) is 4.45. The molecule has 0 N–H and O–H groups in total. The van der Waals surface area contributed by atoms with Gasteiger partial charge in [0, 0.05) is 5.33 Å². The zero-order valence-corrected chi connectivity index (χ0v) is 11.3. The lowest BCUT2D eigenvalue weighted by Crippen LogP contribution is -1.94. The molecule has 3 nitrogen and oxygen atoms in total. The molecule has 1 aliphatic heterocycles. The van der Waals surface area contributed by atoms with Crippen molar-refractivity contribution in [1.82, 2.24) is 0 Å². The van der Waals surface area contributed by atoms with Crippen LogP contribution in [0.4, 0.5) is 0 Å². The first-order chi connectivity index (χ1) is 8.29. The Balaban J connectivity index is 1.83. The molecule has 1 aromatic carbocycles. The van der Waals surface area contributed by atoms with Crippen LogP contribution in [0.2, 0.25) is 0 Å². The Bertz CT molecular complexity index is 415. The van der Waals surface area contributed by atoms with Gasteiger partial charge in [0.2, 0.25) is 6.79 Å². The van der Waals surface area contributed by atoms with Crippen molar-refractivity contribution < 1.29 is 14.2 Å². The molecule has 0 aromatic heterocycles. The van der Waals surface area contributed by atoms with Crippen LogP contribution in [0.25, 0.3) is 0 Å². The molecule has 2 rings (SSSR count). The normalized spacial score (nSPS) is 14.1. The number of alkyl halides is 1. The summed E-state index contributed by atoms with van der Waals surface area (Å²) in [5, 5.41) is 0.889. The van der Waals surface area contributed by atoms with Gasteiger partial charge in [-0.05, 0) is 24.6 Å². The van der Waals surface area contributed by atoms with Crippen LogP contribution in [0.5, 0.6) is 11.5 Å². The number of ether oxygens (including phenoxy) is 3. The largest absolute Gasteiger partial charge is 0.454 e. The summed E-state index contributed by atoms with van der Waals surface area (Å²) in [5.41, 5.74) is 2.37. The van der Waals surface area contributed by atoms with E-state index in [1.807, 2.05) is 18.2 Å². The predicted octanol–water partition coefficient (Wildman–Crippen LogP) is 3.27. The summed E-state index contributed by atoms with van der Waals surface area (Å²) in [5.74, 6) is 1.61. The lowest BCUT2D eigenvalue weighted by molar-refractivity contribution is 0.148. The minimum Gasteiger partial charge on any atom is -0.454 e. The van der Waals surface area contributed by atoms with Crippen LogP contribution in [-0.4, -0.2) is 18.7 Å². The third kappa shape index (κ3) is 3.48. The van der Waals surface area contributed by atoms with Crippen molar-refractivity contribution in [1.29, 1.82) is 0 Å². The van der Waals surface area contributed by atoms with Crippen molar-refractivity contribution in [2.75, 3.05) is 18.7 Å². The fourth-order valence-corrected chi connectivity index (χ4v) is 1.69. The quantitative estimate of drug-likeness (QED) is 0.474. The molecule has 0 radical (unpaired) electrons. The van der Waals surface area contributed by atoms with E-state index in [-0.39, 0.29) is 0 Å². The first kappa shape index (κ1) is 12.5. The monoisotopic (exact) mass is 298 g/mol. The highest BCUT2D eigenvalue weighted by atomic mass is 79.9. The number of rotatable bonds is 5. The average Bonchev–Trinajstić information content (AvgIpc) is 2.81. The third-order valence-corrected chi connectivity index (χ3v) is 3.35. The van der Waals surface area contributed by atoms with Crippen molar-refractivity contribution in [2.45, 2.75) is 13.5 Å². The van der Waals surface area contributed by atoms with Gasteiger partial charge in [-0.1, -0.05) is 33.6 Å². The van der Waals surface area contributed by atoms with Gasteiger partial charge >= 0.3 is 0 Å². The Labute approximate surface area is 109 Å². The summed E-state index contributed by atoms with van der Waals surface area (Å²) >= 11 is 3.39. The molecule has 17 heavy (non-hydrogen) atoms. The van der Waals surface area contributed by atoms with E-state index in [4.69, 9.17) is 14.2 Å². The molecule has 1 aliphatic rings. The Hall–Kier alpha value is -1.00. The maximum atomic E-state index is 5.56. The fourth-order valence-electron chi connectivity index (χ4n) is 1.46. The predicted molar refractivity (Wildman–Crippen MR) is 69.8 cm³/mol. The van der Waals surface area contributed by atoms with E-state index >= 15 is 0 Å². The number of fused-ring (bicyclic) bond motifs is 1. The van der Waals surface area contributed by atoms with Crippen LogP contribution < -0.4 is 9.47 Å². The van der Waals surface area contributed by atoms with E-state index in [0.29, 0.717) is 20.0 Å². The highest BCUT2D eigenvalue weighted by molar-refractivity contribution is 9.09. The van der Waals surface area contributed by atoms with Crippen LogP contribution in [0.3, 0.4) is 0 Å². The van der Waals surface area contributed by atoms with Crippen molar-refractivity contribution >= 4 is 15.9 Å². The third-order valence-electron chi connectivity index (χ3n) is 2.47. The van der Waals surface area contributed by atoms with Gasteiger partial charge in [0.05, 0.1) is 13.2 Å². The number of allylic oxidation sites excluding steroid dienone is 1. The van der Waals surface area contributed by atoms with Gasteiger partial charge in [-0.15, -0.1) is 0 Å². The van der Waals surface area contributed by atoms with Gasteiger partial charge < -0.3 is 14.2 Å².